The number of likely N-dealkylation sites (N-methyl/N-ethyl adjacent to an activating group) is 2. The van der Waals surface area contributed by atoms with Gasteiger partial charge in [-0.05, 0) is 112 Å². The van der Waals surface area contributed by atoms with Gasteiger partial charge in [-0.25, -0.2) is 18.7 Å². The van der Waals surface area contributed by atoms with E-state index in [0.29, 0.717) is 165 Å². The predicted octanol–water partition coefficient (Wildman–Crippen LogP) is 2.79. The number of aromatic amines is 1. The van der Waals surface area contributed by atoms with Crippen LogP contribution in [0.1, 0.15) is 79.9 Å². The lowest BCUT2D eigenvalue weighted by Gasteiger charge is -2.33. The van der Waals surface area contributed by atoms with Crippen molar-refractivity contribution in [1.29, 1.82) is 0 Å². The molecule has 0 unspecified atom stereocenters. The van der Waals surface area contributed by atoms with Crippen LogP contribution in [0, 0.1) is 13.8 Å². The van der Waals surface area contributed by atoms with Gasteiger partial charge in [-0.15, -0.1) is 0 Å². The third-order valence-electron chi connectivity index (χ3n) is 15.7. The van der Waals surface area contributed by atoms with Crippen molar-refractivity contribution in [2.24, 2.45) is 0 Å². The number of carbonyl (C=O) groups is 7. The Morgan fingerprint density at radius 1 is 0.676 bits per heavy atom. The van der Waals surface area contributed by atoms with Crippen molar-refractivity contribution in [2.75, 3.05) is 156 Å². The van der Waals surface area contributed by atoms with E-state index in [4.69, 9.17) is 28.4 Å². The molecular weight excluding hydrogens is 1370 g/mol. The Morgan fingerprint density at radius 2 is 1.30 bits per heavy atom. The van der Waals surface area contributed by atoms with Gasteiger partial charge in [0.05, 0.1) is 69.3 Å². The molecule has 2 atom stereocenters. The molecule has 34 nitrogen and oxygen atoms in total. The number of fused-ring (bicyclic) bond motifs is 1. The van der Waals surface area contributed by atoms with Crippen LogP contribution in [0.3, 0.4) is 0 Å². The number of carboxylic acids is 3. The van der Waals surface area contributed by atoms with Crippen molar-refractivity contribution in [1.82, 2.24) is 65.3 Å². The van der Waals surface area contributed by atoms with Crippen molar-refractivity contribution in [3.63, 3.8) is 0 Å². The van der Waals surface area contributed by atoms with E-state index in [1.165, 1.54) is 0 Å². The number of aromatic nitrogens is 4. The molecule has 36 heteroatoms. The lowest BCUT2D eigenvalue weighted by atomic mass is 10.0. The largest absolute Gasteiger partial charge is 0.494 e. The number of rotatable bonds is 45. The van der Waals surface area contributed by atoms with E-state index in [2.05, 4.69) is 67.6 Å². The molecule has 1 aliphatic rings. The van der Waals surface area contributed by atoms with Crippen molar-refractivity contribution >= 4 is 80.7 Å². The zero-order valence-electron chi connectivity index (χ0n) is 58.6. The lowest BCUT2D eigenvalue weighted by molar-refractivity contribution is -0.433. The van der Waals surface area contributed by atoms with Gasteiger partial charge in [0.25, 0.3) is 18.2 Å². The maximum atomic E-state index is 13.5. The number of aryl methyl sites for hydroxylation is 3. The summed E-state index contributed by atoms with van der Waals surface area (Å²) >= 11 is 0.420. The molecule has 0 bridgehead atoms. The first-order valence-corrected chi connectivity index (χ1v) is 36.0. The van der Waals surface area contributed by atoms with E-state index >= 15 is 0 Å². The molecule has 566 valence electrons. The van der Waals surface area contributed by atoms with Gasteiger partial charge in [0.2, 0.25) is 27.7 Å². The van der Waals surface area contributed by atoms with Crippen molar-refractivity contribution in [3.8, 4) is 11.5 Å². The number of carbonyl (C=O) groups excluding carboxylic acids is 4. The summed E-state index contributed by atoms with van der Waals surface area (Å²) in [7, 11) is -4.33. The second-order valence-corrected chi connectivity index (χ2v) is 25.8. The number of nitrogens with one attached hydrogen (secondary N) is 7. The molecule has 0 spiro atoms. The minimum atomic E-state index is -4.33. The van der Waals surface area contributed by atoms with Crippen LogP contribution in [0.4, 0.5) is 5.95 Å². The highest BCUT2D eigenvalue weighted by molar-refractivity contribution is 7.90. The zero-order chi connectivity index (χ0) is 74.1. The Balaban J connectivity index is 0.000000382. The Kier molecular flexibility index (Phi) is 39.1. The summed E-state index contributed by atoms with van der Waals surface area (Å²) in [5, 5.41) is 59.6. The first-order valence-electron chi connectivity index (χ1n) is 33.9. The summed E-state index contributed by atoms with van der Waals surface area (Å²) in [6.45, 7) is 18.5. The van der Waals surface area contributed by atoms with Gasteiger partial charge >= 0.3 is 17.9 Å². The molecule has 2 aromatic heterocycles. The number of hydrogen-bond acceptors (Lipinski definition) is 25. The summed E-state index contributed by atoms with van der Waals surface area (Å²) in [5.41, 5.74) is 2.54. The maximum absolute atomic E-state index is 13.5. The summed E-state index contributed by atoms with van der Waals surface area (Å²) < 4.78 is 62.4. The van der Waals surface area contributed by atoms with Crippen LogP contribution < -0.4 is 40.2 Å². The summed E-state index contributed by atoms with van der Waals surface area (Å²) in [5.74, 6) is -3.21. The second kappa shape index (κ2) is 47.2. The smallest absolute Gasteiger partial charge is 0.323 e. The molecule has 5 aromatic rings. The minimum Gasteiger partial charge on any atom is -0.494 e. The number of amides is 4. The normalized spacial score (nSPS) is 14.3. The average Bonchev–Trinajstić information content (AvgIpc) is 1.06. The van der Waals surface area contributed by atoms with Crippen LogP contribution >= 0.6 is 12.3 Å². The van der Waals surface area contributed by atoms with Crippen molar-refractivity contribution in [2.45, 2.75) is 96.7 Å². The Hall–Kier alpha value is -8.11. The van der Waals surface area contributed by atoms with Crippen LogP contribution in [0.25, 0.3) is 10.9 Å². The fourth-order valence-electron chi connectivity index (χ4n) is 10.6. The summed E-state index contributed by atoms with van der Waals surface area (Å²) in [6.07, 6.45) is 8.39. The molecule has 4 amide bonds. The van der Waals surface area contributed by atoms with Gasteiger partial charge in [0, 0.05) is 134 Å². The van der Waals surface area contributed by atoms with Gasteiger partial charge in [-0.3, -0.25) is 52.9 Å². The number of aliphatic carboxylic acids is 3. The summed E-state index contributed by atoms with van der Waals surface area (Å²) in [6, 6.07) is 12.4. The molecule has 1 saturated heterocycles. The van der Waals surface area contributed by atoms with Crippen molar-refractivity contribution < 1.29 is 95.1 Å². The van der Waals surface area contributed by atoms with Gasteiger partial charge in [-0.2, -0.15) is 9.82 Å². The standard InChI is InChI=1S/C39H56N8O10S.C27H44N6O10S/c1-4-16-54-19-21-56-22-20-55-17-7-12-40-35(48)8-5-18-57-32-23-28(2)36(29(3)24-32)58(52,53)46-33(38(50)51)27-44-37(49)30-9-10-34-31(25-30)26-45-47(34)15-6-11-41-39-42-13-14-43-39;1-3-28-27(39)23(17-21-5-7-22(8-6-21)41-44-43-42-40)29-24(34)18-31-11-9-30(4-2)10-12-32(19-25(35)36)15-16-33(14-13-31)20-26(37)38/h9-10,13-14,23-26,33,46H,4-8,11-12,15-22,27H2,1-3H3,(H,40,48)(H,44,49)(H,50,51)(H2,41,42,43);5-8,23,40H,3-4,9-20H2,1-2H3,(H,28,39)(H,29,34)(H,35,36)(H,37,38)/t33-;23-/m01/s1. The highest BCUT2D eigenvalue weighted by Crippen LogP contribution is 2.27. The van der Waals surface area contributed by atoms with Crippen LogP contribution in [-0.2, 0) is 75.3 Å². The first kappa shape index (κ1) is 84.5. The van der Waals surface area contributed by atoms with Crippen LogP contribution in [-0.4, -0.2) is 273 Å². The third kappa shape index (κ3) is 32.5. The van der Waals surface area contributed by atoms with Crippen LogP contribution in [0.2, 0.25) is 0 Å². The Labute approximate surface area is 598 Å². The molecule has 1 aliphatic heterocycles. The number of nitrogens with zero attached hydrogens (tertiary/aromatic N) is 7. The number of hydrogen-bond donors (Lipinski definition) is 11. The van der Waals surface area contributed by atoms with E-state index in [1.54, 1.807) is 98.9 Å². The molecule has 0 aliphatic carbocycles. The van der Waals surface area contributed by atoms with Gasteiger partial charge in [0.1, 0.15) is 23.6 Å². The fourth-order valence-corrected chi connectivity index (χ4v) is 12.5. The predicted molar refractivity (Wildman–Crippen MR) is 377 cm³/mol. The molecule has 0 saturated carbocycles. The lowest BCUT2D eigenvalue weighted by Crippen LogP contribution is -2.52. The van der Waals surface area contributed by atoms with Gasteiger partial charge < -0.3 is 74.9 Å². The quantitative estimate of drug-likeness (QED) is 0.0115. The third-order valence-corrected chi connectivity index (χ3v) is 17.9. The fraction of sp³-hybridized carbons (Fsp3) is 0.561. The average molecular weight is 1470 g/mol. The van der Waals surface area contributed by atoms with Crippen molar-refractivity contribution in [3.05, 3.63) is 95.4 Å². The number of carboxylic acid groups (broad SMARTS) is 3. The van der Waals surface area contributed by atoms with E-state index in [-0.39, 0.29) is 67.3 Å². The van der Waals surface area contributed by atoms with E-state index in [1.807, 2.05) is 21.4 Å². The van der Waals surface area contributed by atoms with Crippen LogP contribution in [0.15, 0.2) is 78.1 Å². The van der Waals surface area contributed by atoms with E-state index in [9.17, 15) is 57.3 Å². The summed E-state index contributed by atoms with van der Waals surface area (Å²) in [4.78, 5) is 101. The molecule has 0 radical (unpaired) electrons. The highest BCUT2D eigenvalue weighted by atomic mass is 32.2. The SMILES string of the molecule is CCCOCCOCCOCCCNC(=O)CCCOc1cc(C)c(S(=O)(=O)N[C@@H](CNC(=O)c2ccc3c(cnn3CCCNc3ncc[nH]3)c2)C(=O)O)c(C)c1.CCNC(=O)[C@@H](Cc1ccc(OSOOO)cc1)NC(=O)CN1CCN(CC)CCN(CC(=O)O)CCN(CC(=O)O)CC1. The molecule has 3 heterocycles. The molecule has 6 rings (SSSR count). The Bertz CT molecular complexity index is 3440. The number of sulfonamides is 1. The van der Waals surface area contributed by atoms with E-state index < -0.39 is 52.5 Å². The monoisotopic (exact) mass is 1470 g/mol. The molecule has 1 fully saturated rings. The minimum absolute atomic E-state index is 0.0104. The topological polar surface area (TPSA) is 431 Å². The maximum Gasteiger partial charge on any atom is 0.323 e. The molecule has 11 N–H and O–H groups in total. The first-order chi connectivity index (χ1) is 49.1. The highest BCUT2D eigenvalue weighted by Gasteiger charge is 2.30. The number of H-pyrrole nitrogens is 1. The Morgan fingerprint density at radius 3 is 1.89 bits per heavy atom. The molecule has 102 heavy (non-hydrogen) atoms. The van der Waals surface area contributed by atoms with E-state index in [0.717, 1.165) is 42.5 Å². The van der Waals surface area contributed by atoms with Gasteiger partial charge in [0.15, 0.2) is 5.95 Å². The number of imidazole rings is 1. The molecule has 3 aromatic carbocycles. The van der Waals surface area contributed by atoms with Gasteiger partial charge in [-0.1, -0.05) is 35.4 Å². The number of anilines is 1. The number of benzene rings is 3. The number of ether oxygens (including phenoxy) is 4. The second-order valence-electron chi connectivity index (χ2n) is 23.7. The van der Waals surface area contributed by atoms with Crippen LogP contribution in [0.5, 0.6) is 11.5 Å². The zero-order valence-corrected chi connectivity index (χ0v) is 60.2. The molecular formula is C66H100N14O20S2.